The molecule has 2 heterocycles. The molecule has 1 saturated heterocycles. The van der Waals surface area contributed by atoms with Crippen molar-refractivity contribution in [2.75, 3.05) is 37.5 Å². The standard InChI is InChI=1S/C19H24N4O3/c1-25-16-8-7-14(11-17(16)26-2)18(24)22-15-12-20-19(21-13-15)23-9-5-3-4-6-10-23/h7-8,11-13H,3-6,9-10H2,1-2H3,(H,22,24). The fourth-order valence-electron chi connectivity index (χ4n) is 3.00. The summed E-state index contributed by atoms with van der Waals surface area (Å²) in [7, 11) is 3.09. The van der Waals surface area contributed by atoms with Gasteiger partial charge in [0.2, 0.25) is 5.95 Å². The lowest BCUT2D eigenvalue weighted by molar-refractivity contribution is 0.102. The number of nitrogens with zero attached hydrogens (tertiary/aromatic N) is 3. The van der Waals surface area contributed by atoms with Crippen molar-refractivity contribution in [3.63, 3.8) is 0 Å². The monoisotopic (exact) mass is 356 g/mol. The third kappa shape index (κ3) is 4.22. The predicted octanol–water partition coefficient (Wildman–Crippen LogP) is 3.13. The van der Waals surface area contributed by atoms with Crippen LogP contribution in [0.2, 0.25) is 0 Å². The van der Waals surface area contributed by atoms with Gasteiger partial charge in [-0.05, 0) is 31.0 Å². The molecule has 1 aliphatic heterocycles. The Hall–Kier alpha value is -2.83. The first-order valence-corrected chi connectivity index (χ1v) is 8.81. The zero-order valence-corrected chi connectivity index (χ0v) is 15.2. The van der Waals surface area contributed by atoms with Crippen LogP contribution in [0.15, 0.2) is 30.6 Å². The molecule has 3 rings (SSSR count). The van der Waals surface area contributed by atoms with Crippen molar-refractivity contribution in [1.29, 1.82) is 0 Å². The van der Waals surface area contributed by atoms with E-state index in [1.54, 1.807) is 37.7 Å². The molecule has 0 saturated carbocycles. The van der Waals surface area contributed by atoms with Gasteiger partial charge in [0.1, 0.15) is 0 Å². The highest BCUT2D eigenvalue weighted by Gasteiger charge is 2.14. The molecule has 0 spiro atoms. The molecule has 1 aromatic heterocycles. The first-order valence-electron chi connectivity index (χ1n) is 8.81. The fourth-order valence-corrected chi connectivity index (χ4v) is 3.00. The third-order valence-electron chi connectivity index (χ3n) is 4.43. The highest BCUT2D eigenvalue weighted by Crippen LogP contribution is 2.27. The maximum Gasteiger partial charge on any atom is 0.255 e. The van der Waals surface area contributed by atoms with Crippen molar-refractivity contribution < 1.29 is 14.3 Å². The Morgan fingerprint density at radius 3 is 2.27 bits per heavy atom. The number of anilines is 2. The molecular weight excluding hydrogens is 332 g/mol. The highest BCUT2D eigenvalue weighted by atomic mass is 16.5. The molecule has 1 amide bonds. The number of aromatic nitrogens is 2. The van der Waals surface area contributed by atoms with Gasteiger partial charge in [0.05, 0.1) is 32.3 Å². The molecule has 26 heavy (non-hydrogen) atoms. The molecule has 138 valence electrons. The van der Waals surface area contributed by atoms with E-state index in [1.807, 2.05) is 0 Å². The van der Waals surface area contributed by atoms with Crippen molar-refractivity contribution >= 4 is 17.5 Å². The van der Waals surface area contributed by atoms with E-state index in [4.69, 9.17) is 9.47 Å². The van der Waals surface area contributed by atoms with Crippen molar-refractivity contribution in [2.24, 2.45) is 0 Å². The van der Waals surface area contributed by atoms with Crippen molar-refractivity contribution in [1.82, 2.24) is 9.97 Å². The molecule has 0 aliphatic carbocycles. The summed E-state index contributed by atoms with van der Waals surface area (Å²) < 4.78 is 10.4. The zero-order valence-electron chi connectivity index (χ0n) is 15.2. The average Bonchev–Trinajstić information content (AvgIpc) is 2.97. The van der Waals surface area contributed by atoms with Crippen molar-refractivity contribution in [2.45, 2.75) is 25.7 Å². The zero-order chi connectivity index (χ0) is 18.4. The van der Waals surface area contributed by atoms with Gasteiger partial charge in [0.25, 0.3) is 5.91 Å². The largest absolute Gasteiger partial charge is 0.493 e. The molecular formula is C19H24N4O3. The van der Waals surface area contributed by atoms with Crippen molar-refractivity contribution in [3.05, 3.63) is 36.2 Å². The average molecular weight is 356 g/mol. The molecule has 1 aliphatic rings. The number of hydrogen-bond donors (Lipinski definition) is 1. The van der Waals surface area contributed by atoms with Crippen LogP contribution in [0.5, 0.6) is 11.5 Å². The van der Waals surface area contributed by atoms with E-state index in [9.17, 15) is 4.79 Å². The Morgan fingerprint density at radius 1 is 1.00 bits per heavy atom. The summed E-state index contributed by atoms with van der Waals surface area (Å²) in [5.74, 6) is 1.55. The van der Waals surface area contributed by atoms with E-state index in [0.29, 0.717) is 22.7 Å². The minimum Gasteiger partial charge on any atom is -0.493 e. The lowest BCUT2D eigenvalue weighted by Crippen LogP contribution is -2.26. The first kappa shape index (κ1) is 18.0. The number of ether oxygens (including phenoxy) is 2. The molecule has 1 fully saturated rings. The molecule has 0 atom stereocenters. The van der Waals surface area contributed by atoms with Crippen LogP contribution in [-0.4, -0.2) is 43.2 Å². The van der Waals surface area contributed by atoms with E-state index < -0.39 is 0 Å². The first-order chi connectivity index (χ1) is 12.7. The summed E-state index contributed by atoms with van der Waals surface area (Å²) >= 11 is 0. The lowest BCUT2D eigenvalue weighted by Gasteiger charge is -2.19. The second-order valence-corrected chi connectivity index (χ2v) is 6.20. The van der Waals surface area contributed by atoms with Crippen LogP contribution >= 0.6 is 0 Å². The highest BCUT2D eigenvalue weighted by molar-refractivity contribution is 6.04. The van der Waals surface area contributed by atoms with Crippen LogP contribution in [0.1, 0.15) is 36.0 Å². The Kier molecular flexibility index (Phi) is 5.88. The van der Waals surface area contributed by atoms with E-state index in [0.717, 1.165) is 19.0 Å². The molecule has 1 aromatic carbocycles. The number of hydrogen-bond acceptors (Lipinski definition) is 6. The topological polar surface area (TPSA) is 76.6 Å². The molecule has 0 unspecified atom stereocenters. The van der Waals surface area contributed by atoms with Gasteiger partial charge in [-0.2, -0.15) is 0 Å². The molecule has 2 aromatic rings. The van der Waals surface area contributed by atoms with Crippen LogP contribution < -0.4 is 19.7 Å². The number of nitrogens with one attached hydrogen (secondary N) is 1. The third-order valence-corrected chi connectivity index (χ3v) is 4.43. The Balaban J connectivity index is 1.67. The van der Waals surface area contributed by atoms with Gasteiger partial charge in [0.15, 0.2) is 11.5 Å². The molecule has 0 bridgehead atoms. The Morgan fingerprint density at radius 2 is 1.65 bits per heavy atom. The number of rotatable bonds is 5. The van der Waals surface area contributed by atoms with Crippen LogP contribution in [0.3, 0.4) is 0 Å². The van der Waals surface area contributed by atoms with Crippen LogP contribution in [0.4, 0.5) is 11.6 Å². The number of methoxy groups -OCH3 is 2. The summed E-state index contributed by atoms with van der Waals surface area (Å²) in [6, 6.07) is 5.02. The van der Waals surface area contributed by atoms with Gasteiger partial charge in [-0.15, -0.1) is 0 Å². The van der Waals surface area contributed by atoms with Crippen LogP contribution in [0.25, 0.3) is 0 Å². The minimum atomic E-state index is -0.253. The maximum atomic E-state index is 12.4. The van der Waals surface area contributed by atoms with Crippen LogP contribution in [0, 0.1) is 0 Å². The minimum absolute atomic E-state index is 0.253. The molecule has 1 N–H and O–H groups in total. The van der Waals surface area contributed by atoms with Gasteiger partial charge in [0, 0.05) is 18.7 Å². The summed E-state index contributed by atoms with van der Waals surface area (Å²) in [6.45, 7) is 1.97. The molecule has 7 heteroatoms. The van der Waals surface area contributed by atoms with E-state index in [-0.39, 0.29) is 5.91 Å². The Labute approximate surface area is 153 Å². The predicted molar refractivity (Wildman–Crippen MR) is 100 cm³/mol. The quantitative estimate of drug-likeness (QED) is 0.887. The summed E-state index contributed by atoms with van der Waals surface area (Å²) in [4.78, 5) is 23.5. The number of carbonyl (C=O) groups excluding carboxylic acids is 1. The molecule has 0 radical (unpaired) electrons. The van der Waals surface area contributed by atoms with E-state index in [2.05, 4.69) is 20.2 Å². The van der Waals surface area contributed by atoms with Crippen molar-refractivity contribution in [3.8, 4) is 11.5 Å². The number of carbonyl (C=O) groups is 1. The van der Waals surface area contributed by atoms with Gasteiger partial charge in [-0.25, -0.2) is 9.97 Å². The van der Waals surface area contributed by atoms with Gasteiger partial charge >= 0.3 is 0 Å². The fraction of sp³-hybridized carbons (Fsp3) is 0.421. The number of benzene rings is 1. The smallest absolute Gasteiger partial charge is 0.255 e. The normalized spacial score (nSPS) is 14.5. The lowest BCUT2D eigenvalue weighted by atomic mass is 10.2. The van der Waals surface area contributed by atoms with Crippen LogP contribution in [-0.2, 0) is 0 Å². The number of amides is 1. The second-order valence-electron chi connectivity index (χ2n) is 6.20. The maximum absolute atomic E-state index is 12.4. The summed E-state index contributed by atoms with van der Waals surface area (Å²) in [5, 5.41) is 2.81. The van der Waals surface area contributed by atoms with Gasteiger partial charge < -0.3 is 19.7 Å². The molecule has 7 nitrogen and oxygen atoms in total. The SMILES string of the molecule is COc1ccc(C(=O)Nc2cnc(N3CCCCCC3)nc2)cc1OC. The summed E-state index contributed by atoms with van der Waals surface area (Å²) in [5.41, 5.74) is 1.03. The second kappa shape index (κ2) is 8.51. The Bertz CT molecular complexity index is 741. The summed E-state index contributed by atoms with van der Waals surface area (Å²) in [6.07, 6.45) is 8.14. The van der Waals surface area contributed by atoms with E-state index in [1.165, 1.54) is 32.8 Å². The van der Waals surface area contributed by atoms with Gasteiger partial charge in [-0.3, -0.25) is 4.79 Å². The van der Waals surface area contributed by atoms with Gasteiger partial charge in [-0.1, -0.05) is 12.8 Å². The van der Waals surface area contributed by atoms with E-state index >= 15 is 0 Å².